The molecule has 96 valence electrons. The van der Waals surface area contributed by atoms with Crippen molar-refractivity contribution in [3.8, 4) is 5.75 Å². The van der Waals surface area contributed by atoms with Crippen molar-refractivity contribution in [2.24, 2.45) is 0 Å². The third-order valence-electron chi connectivity index (χ3n) is 2.44. The van der Waals surface area contributed by atoms with E-state index in [1.165, 1.54) is 0 Å². The van der Waals surface area contributed by atoms with Gasteiger partial charge in [-0.15, -0.1) is 0 Å². The van der Waals surface area contributed by atoms with E-state index >= 15 is 0 Å². The maximum atomic E-state index is 11.5. The number of carbonyl (C=O) groups is 2. The molecule has 0 fully saturated rings. The van der Waals surface area contributed by atoms with Gasteiger partial charge in [-0.3, -0.25) is 4.79 Å². The number of anilines is 1. The molecule has 0 saturated carbocycles. The maximum absolute atomic E-state index is 11.5. The number of hydrogen-bond donors (Lipinski definition) is 2. The van der Waals surface area contributed by atoms with E-state index in [0.29, 0.717) is 11.4 Å². The molecule has 0 heterocycles. The average molecular weight is 249 g/mol. The van der Waals surface area contributed by atoms with Crippen molar-refractivity contribution in [3.63, 3.8) is 0 Å². The minimum atomic E-state index is -1.16. The molecule has 18 heavy (non-hydrogen) atoms. The molecule has 1 amide bonds. The molecule has 0 aromatic heterocycles. The van der Waals surface area contributed by atoms with Gasteiger partial charge in [0.2, 0.25) is 5.91 Å². The predicted octanol–water partition coefficient (Wildman–Crippen LogP) is 1.89. The van der Waals surface area contributed by atoms with E-state index in [1.54, 1.807) is 13.2 Å². The van der Waals surface area contributed by atoms with Gasteiger partial charge in [-0.1, -0.05) is 6.07 Å². The standard InChI is InChI=1S/C13H15NO4/c1-8-4-5-10(9(2)13(8)18-3)14-11(15)6-7-12(16)17/h4-7H,1-3H3,(H,14,15)(H,16,17)/b7-6+. The fourth-order valence-electron chi connectivity index (χ4n) is 1.60. The zero-order valence-electron chi connectivity index (χ0n) is 10.5. The molecule has 0 aliphatic carbocycles. The summed E-state index contributed by atoms with van der Waals surface area (Å²) in [6.45, 7) is 3.73. The van der Waals surface area contributed by atoms with E-state index in [2.05, 4.69) is 5.32 Å². The highest BCUT2D eigenvalue weighted by atomic mass is 16.5. The van der Waals surface area contributed by atoms with Gasteiger partial charge in [0.15, 0.2) is 0 Å². The molecule has 0 unspecified atom stereocenters. The molecule has 0 bridgehead atoms. The first kappa shape index (κ1) is 13.8. The summed E-state index contributed by atoms with van der Waals surface area (Å²) in [6.07, 6.45) is 1.75. The molecule has 1 aromatic rings. The van der Waals surface area contributed by atoms with Gasteiger partial charge in [-0.25, -0.2) is 4.79 Å². The van der Waals surface area contributed by atoms with Gasteiger partial charge in [0.1, 0.15) is 5.75 Å². The fraction of sp³-hybridized carbons (Fsp3) is 0.231. The second-order valence-electron chi connectivity index (χ2n) is 3.75. The lowest BCUT2D eigenvalue weighted by molar-refractivity contribution is -0.131. The number of aryl methyl sites for hydroxylation is 1. The number of amides is 1. The van der Waals surface area contributed by atoms with Crippen LogP contribution in [0.25, 0.3) is 0 Å². The number of methoxy groups -OCH3 is 1. The van der Waals surface area contributed by atoms with Crippen molar-refractivity contribution in [2.75, 3.05) is 12.4 Å². The van der Waals surface area contributed by atoms with Gasteiger partial charge in [-0.2, -0.15) is 0 Å². The van der Waals surface area contributed by atoms with Crippen molar-refractivity contribution < 1.29 is 19.4 Å². The summed E-state index contributed by atoms with van der Waals surface area (Å²) in [5.74, 6) is -0.954. The Labute approximate surface area is 105 Å². The van der Waals surface area contributed by atoms with Gasteiger partial charge in [0.05, 0.1) is 7.11 Å². The molecule has 5 nitrogen and oxygen atoms in total. The van der Waals surface area contributed by atoms with E-state index in [9.17, 15) is 9.59 Å². The molecule has 0 spiro atoms. The van der Waals surface area contributed by atoms with Crippen LogP contribution in [0, 0.1) is 13.8 Å². The second kappa shape index (κ2) is 5.86. The minimum Gasteiger partial charge on any atom is -0.496 e. The summed E-state index contributed by atoms with van der Waals surface area (Å²) >= 11 is 0. The zero-order valence-corrected chi connectivity index (χ0v) is 10.5. The number of rotatable bonds is 4. The maximum Gasteiger partial charge on any atom is 0.328 e. The van der Waals surface area contributed by atoms with E-state index in [1.807, 2.05) is 19.9 Å². The summed E-state index contributed by atoms with van der Waals surface area (Å²) < 4.78 is 5.23. The van der Waals surface area contributed by atoms with Crippen LogP contribution in [0.5, 0.6) is 5.75 Å². The van der Waals surface area contributed by atoms with Crippen LogP contribution < -0.4 is 10.1 Å². The second-order valence-corrected chi connectivity index (χ2v) is 3.75. The van der Waals surface area contributed by atoms with Crippen LogP contribution in [-0.4, -0.2) is 24.1 Å². The Morgan fingerprint density at radius 1 is 1.28 bits per heavy atom. The molecule has 0 saturated heterocycles. The lowest BCUT2D eigenvalue weighted by Crippen LogP contribution is -2.10. The molecule has 0 radical (unpaired) electrons. The van der Waals surface area contributed by atoms with Crippen LogP contribution in [0.1, 0.15) is 11.1 Å². The first-order chi connectivity index (χ1) is 8.45. The van der Waals surface area contributed by atoms with E-state index in [0.717, 1.165) is 23.3 Å². The number of carbonyl (C=O) groups excluding carboxylic acids is 1. The number of aliphatic carboxylic acids is 1. The Balaban J connectivity index is 2.92. The lowest BCUT2D eigenvalue weighted by atomic mass is 10.1. The highest BCUT2D eigenvalue weighted by molar-refractivity contribution is 6.02. The predicted molar refractivity (Wildman–Crippen MR) is 67.9 cm³/mol. The van der Waals surface area contributed by atoms with E-state index in [-0.39, 0.29) is 0 Å². The quantitative estimate of drug-likeness (QED) is 0.799. The van der Waals surface area contributed by atoms with Crippen LogP contribution in [0.3, 0.4) is 0 Å². The fourth-order valence-corrected chi connectivity index (χ4v) is 1.60. The van der Waals surface area contributed by atoms with E-state index in [4.69, 9.17) is 9.84 Å². The van der Waals surface area contributed by atoms with Gasteiger partial charge in [0.25, 0.3) is 0 Å². The molecule has 0 aliphatic rings. The third-order valence-corrected chi connectivity index (χ3v) is 2.44. The molecule has 5 heteroatoms. The first-order valence-electron chi connectivity index (χ1n) is 5.32. The molecular weight excluding hydrogens is 234 g/mol. The number of ether oxygens (including phenoxy) is 1. The number of carboxylic acid groups (broad SMARTS) is 1. The molecule has 0 aliphatic heterocycles. The molecular formula is C13H15NO4. The summed E-state index contributed by atoms with van der Waals surface area (Å²) in [6, 6.07) is 3.57. The summed E-state index contributed by atoms with van der Waals surface area (Å²) in [5, 5.41) is 11.0. The molecule has 1 rings (SSSR count). The average Bonchev–Trinajstić information content (AvgIpc) is 2.31. The monoisotopic (exact) mass is 249 g/mol. The molecule has 0 atom stereocenters. The minimum absolute atomic E-state index is 0.494. The number of benzene rings is 1. The van der Waals surface area contributed by atoms with Crippen molar-refractivity contribution in [1.82, 2.24) is 0 Å². The van der Waals surface area contributed by atoms with E-state index < -0.39 is 11.9 Å². The molecule has 2 N–H and O–H groups in total. The van der Waals surface area contributed by atoms with Crippen molar-refractivity contribution in [3.05, 3.63) is 35.4 Å². The van der Waals surface area contributed by atoms with Gasteiger partial charge < -0.3 is 15.2 Å². The number of nitrogens with one attached hydrogen (secondary N) is 1. The van der Waals surface area contributed by atoms with Crippen LogP contribution in [0.15, 0.2) is 24.3 Å². The van der Waals surface area contributed by atoms with Crippen LogP contribution in [0.2, 0.25) is 0 Å². The lowest BCUT2D eigenvalue weighted by Gasteiger charge is -2.13. The zero-order chi connectivity index (χ0) is 13.7. The Morgan fingerprint density at radius 3 is 2.50 bits per heavy atom. The topological polar surface area (TPSA) is 75.6 Å². The third kappa shape index (κ3) is 3.35. The molecule has 1 aromatic carbocycles. The Bertz CT molecular complexity index is 506. The summed E-state index contributed by atoms with van der Waals surface area (Å²) in [5.41, 5.74) is 2.36. The summed E-state index contributed by atoms with van der Waals surface area (Å²) in [7, 11) is 1.56. The summed E-state index contributed by atoms with van der Waals surface area (Å²) in [4.78, 5) is 21.7. The van der Waals surface area contributed by atoms with Gasteiger partial charge >= 0.3 is 5.97 Å². The number of carboxylic acids is 1. The Kier molecular flexibility index (Phi) is 4.48. The highest BCUT2D eigenvalue weighted by Crippen LogP contribution is 2.29. The Hall–Kier alpha value is -2.30. The van der Waals surface area contributed by atoms with Crippen LogP contribution in [-0.2, 0) is 9.59 Å². The normalized spacial score (nSPS) is 10.4. The highest BCUT2D eigenvalue weighted by Gasteiger charge is 2.09. The van der Waals surface area contributed by atoms with Crippen molar-refractivity contribution >= 4 is 17.6 Å². The van der Waals surface area contributed by atoms with Gasteiger partial charge in [0, 0.05) is 23.4 Å². The van der Waals surface area contributed by atoms with Gasteiger partial charge in [-0.05, 0) is 25.5 Å². The van der Waals surface area contributed by atoms with Crippen LogP contribution in [0.4, 0.5) is 5.69 Å². The smallest absolute Gasteiger partial charge is 0.328 e. The number of hydrogen-bond acceptors (Lipinski definition) is 3. The first-order valence-corrected chi connectivity index (χ1v) is 5.32. The van der Waals surface area contributed by atoms with Crippen molar-refractivity contribution in [2.45, 2.75) is 13.8 Å². The Morgan fingerprint density at radius 2 is 1.94 bits per heavy atom. The van der Waals surface area contributed by atoms with Crippen LogP contribution >= 0.6 is 0 Å². The van der Waals surface area contributed by atoms with Crippen molar-refractivity contribution in [1.29, 1.82) is 0 Å². The SMILES string of the molecule is COc1c(C)ccc(NC(=O)/C=C/C(=O)O)c1C. The largest absolute Gasteiger partial charge is 0.496 e.